The Morgan fingerprint density at radius 1 is 1.05 bits per heavy atom. The summed E-state index contributed by atoms with van der Waals surface area (Å²) in [5.41, 5.74) is 1.39. The van der Waals surface area contributed by atoms with Gasteiger partial charge in [-0.25, -0.2) is 4.98 Å². The molecular weight excluding hydrogens is 293 g/mol. The van der Waals surface area contributed by atoms with Crippen molar-refractivity contribution < 1.29 is 18.3 Å². The summed E-state index contributed by atoms with van der Waals surface area (Å²) in [5.74, 6) is 0. The molecule has 0 saturated heterocycles. The number of para-hydroxylation sites is 2. The molecule has 114 valence electrons. The van der Waals surface area contributed by atoms with Crippen molar-refractivity contribution in [1.82, 2.24) is 9.55 Å². The number of benzene rings is 2. The summed E-state index contributed by atoms with van der Waals surface area (Å²) >= 11 is 0. The van der Waals surface area contributed by atoms with Crippen LogP contribution in [0.3, 0.4) is 0 Å². The first-order valence-corrected chi connectivity index (χ1v) is 6.70. The summed E-state index contributed by atoms with van der Waals surface area (Å²) in [7, 11) is 0. The lowest BCUT2D eigenvalue weighted by Gasteiger charge is -2.14. The fourth-order valence-electron chi connectivity index (χ4n) is 2.34. The summed E-state index contributed by atoms with van der Waals surface area (Å²) in [5, 5.41) is 10.2. The number of hydrogen-bond donors (Lipinski definition) is 1. The Balaban J connectivity index is 1.81. The monoisotopic (exact) mass is 306 g/mol. The predicted molar refractivity (Wildman–Crippen MR) is 76.1 cm³/mol. The van der Waals surface area contributed by atoms with Crippen LogP contribution in [0.25, 0.3) is 11.0 Å². The minimum Gasteiger partial charge on any atom is -0.387 e. The van der Waals surface area contributed by atoms with E-state index in [1.807, 2.05) is 24.3 Å². The van der Waals surface area contributed by atoms with E-state index in [-0.39, 0.29) is 6.54 Å². The van der Waals surface area contributed by atoms with Gasteiger partial charge in [0.15, 0.2) is 0 Å². The molecule has 0 aliphatic rings. The number of hydrogen-bond acceptors (Lipinski definition) is 2. The highest BCUT2D eigenvalue weighted by Crippen LogP contribution is 2.30. The highest BCUT2D eigenvalue weighted by atomic mass is 19.4. The van der Waals surface area contributed by atoms with Crippen molar-refractivity contribution >= 4 is 11.0 Å². The Kier molecular flexibility index (Phi) is 3.62. The van der Waals surface area contributed by atoms with E-state index in [4.69, 9.17) is 0 Å². The summed E-state index contributed by atoms with van der Waals surface area (Å²) in [6.07, 6.45) is -3.66. The van der Waals surface area contributed by atoms with Gasteiger partial charge in [-0.3, -0.25) is 0 Å². The van der Waals surface area contributed by atoms with Crippen molar-refractivity contribution in [3.63, 3.8) is 0 Å². The molecule has 3 nitrogen and oxygen atoms in total. The Labute approximate surface area is 124 Å². The number of fused-ring (bicyclic) bond motifs is 1. The van der Waals surface area contributed by atoms with E-state index in [2.05, 4.69) is 4.98 Å². The third kappa shape index (κ3) is 2.82. The summed E-state index contributed by atoms with van der Waals surface area (Å²) in [4.78, 5) is 4.21. The van der Waals surface area contributed by atoms with Crippen LogP contribution in [0.15, 0.2) is 54.9 Å². The molecule has 0 aliphatic heterocycles. The van der Waals surface area contributed by atoms with Crippen LogP contribution in [0, 0.1) is 0 Å². The fraction of sp³-hybridized carbons (Fsp3) is 0.188. The Hall–Kier alpha value is -2.34. The maximum atomic E-state index is 12.5. The van der Waals surface area contributed by atoms with Crippen molar-refractivity contribution in [2.45, 2.75) is 18.8 Å². The van der Waals surface area contributed by atoms with Crippen LogP contribution >= 0.6 is 0 Å². The van der Waals surface area contributed by atoms with E-state index in [1.165, 1.54) is 12.1 Å². The fourth-order valence-corrected chi connectivity index (χ4v) is 2.34. The number of nitrogens with zero attached hydrogens (tertiary/aromatic N) is 2. The van der Waals surface area contributed by atoms with Crippen molar-refractivity contribution in [3.05, 3.63) is 66.0 Å². The molecule has 0 saturated carbocycles. The van der Waals surface area contributed by atoms with Gasteiger partial charge in [0.1, 0.15) is 0 Å². The first-order chi connectivity index (χ1) is 10.4. The van der Waals surface area contributed by atoms with E-state index in [0.29, 0.717) is 5.56 Å². The van der Waals surface area contributed by atoms with E-state index < -0.39 is 17.8 Å². The second-order valence-electron chi connectivity index (χ2n) is 5.02. The SMILES string of the molecule is OC(Cn1cnc2ccccc21)c1ccc(C(F)(F)F)cc1. The van der Waals surface area contributed by atoms with Crippen molar-refractivity contribution in [2.24, 2.45) is 0 Å². The number of aliphatic hydroxyl groups excluding tert-OH is 1. The zero-order valence-corrected chi connectivity index (χ0v) is 11.5. The normalized spacial score (nSPS) is 13.5. The van der Waals surface area contributed by atoms with Gasteiger partial charge in [-0.15, -0.1) is 0 Å². The van der Waals surface area contributed by atoms with Crippen molar-refractivity contribution in [1.29, 1.82) is 0 Å². The largest absolute Gasteiger partial charge is 0.416 e. The topological polar surface area (TPSA) is 38.0 Å². The minimum atomic E-state index is -4.37. The minimum absolute atomic E-state index is 0.228. The average molecular weight is 306 g/mol. The quantitative estimate of drug-likeness (QED) is 0.799. The molecule has 3 aromatic rings. The van der Waals surface area contributed by atoms with Crippen molar-refractivity contribution in [3.8, 4) is 0 Å². The third-order valence-electron chi connectivity index (χ3n) is 3.52. The molecule has 22 heavy (non-hydrogen) atoms. The molecule has 2 aromatic carbocycles. The number of aliphatic hydroxyl groups is 1. The smallest absolute Gasteiger partial charge is 0.387 e. The molecule has 0 amide bonds. The van der Waals surface area contributed by atoms with E-state index >= 15 is 0 Å². The van der Waals surface area contributed by atoms with Crippen LogP contribution in [0.4, 0.5) is 13.2 Å². The maximum absolute atomic E-state index is 12.5. The number of aromatic nitrogens is 2. The molecule has 0 fully saturated rings. The molecule has 3 rings (SSSR count). The molecule has 0 aliphatic carbocycles. The number of imidazole rings is 1. The molecular formula is C16H13F3N2O. The van der Waals surface area contributed by atoms with Gasteiger partial charge in [0, 0.05) is 0 Å². The lowest BCUT2D eigenvalue weighted by atomic mass is 10.1. The zero-order valence-electron chi connectivity index (χ0n) is 11.5. The lowest BCUT2D eigenvalue weighted by molar-refractivity contribution is -0.137. The van der Waals surface area contributed by atoms with Gasteiger partial charge < -0.3 is 9.67 Å². The van der Waals surface area contributed by atoms with E-state index in [0.717, 1.165) is 23.2 Å². The number of halogens is 3. The molecule has 0 spiro atoms. The second-order valence-corrected chi connectivity index (χ2v) is 5.02. The van der Waals surface area contributed by atoms with Gasteiger partial charge in [0.25, 0.3) is 0 Å². The van der Waals surface area contributed by atoms with Gasteiger partial charge in [-0.2, -0.15) is 13.2 Å². The van der Waals surface area contributed by atoms with Crippen LogP contribution in [-0.2, 0) is 12.7 Å². The van der Waals surface area contributed by atoms with Gasteiger partial charge in [-0.1, -0.05) is 24.3 Å². The molecule has 1 heterocycles. The van der Waals surface area contributed by atoms with Gasteiger partial charge in [-0.05, 0) is 29.8 Å². The van der Waals surface area contributed by atoms with Crippen LogP contribution in [0.5, 0.6) is 0 Å². The second kappa shape index (κ2) is 5.46. The molecule has 1 aromatic heterocycles. The zero-order chi connectivity index (χ0) is 15.7. The third-order valence-corrected chi connectivity index (χ3v) is 3.52. The van der Waals surface area contributed by atoms with E-state index in [9.17, 15) is 18.3 Å². The summed E-state index contributed by atoms with van der Waals surface area (Å²) in [6, 6.07) is 12.0. The molecule has 1 unspecified atom stereocenters. The van der Waals surface area contributed by atoms with Crippen LogP contribution in [0.1, 0.15) is 17.2 Å². The average Bonchev–Trinajstić information content (AvgIpc) is 2.90. The van der Waals surface area contributed by atoms with Crippen LogP contribution < -0.4 is 0 Å². The standard InChI is InChI=1S/C16H13F3N2O/c17-16(18,19)12-7-5-11(6-8-12)15(22)9-21-10-20-13-3-1-2-4-14(13)21/h1-8,10,15,22H,9H2. The predicted octanol–water partition coefficient (Wildman–Crippen LogP) is 3.79. The summed E-state index contributed by atoms with van der Waals surface area (Å²) < 4.78 is 39.4. The lowest BCUT2D eigenvalue weighted by Crippen LogP contribution is -2.09. The van der Waals surface area contributed by atoms with Crippen LogP contribution in [0.2, 0.25) is 0 Å². The Bertz CT molecular complexity index is 778. The van der Waals surface area contributed by atoms with Crippen molar-refractivity contribution in [2.75, 3.05) is 0 Å². The highest BCUT2D eigenvalue weighted by molar-refractivity contribution is 5.74. The maximum Gasteiger partial charge on any atom is 0.416 e. The van der Waals surface area contributed by atoms with Gasteiger partial charge in [0.2, 0.25) is 0 Å². The summed E-state index contributed by atoms with van der Waals surface area (Å²) in [6.45, 7) is 0.228. The molecule has 6 heteroatoms. The molecule has 1 N–H and O–H groups in total. The first-order valence-electron chi connectivity index (χ1n) is 6.70. The molecule has 0 radical (unpaired) electrons. The molecule has 0 bridgehead atoms. The van der Waals surface area contributed by atoms with E-state index in [1.54, 1.807) is 10.9 Å². The van der Waals surface area contributed by atoms with Gasteiger partial charge in [0.05, 0.1) is 35.6 Å². The highest BCUT2D eigenvalue weighted by Gasteiger charge is 2.30. The molecule has 1 atom stereocenters. The van der Waals surface area contributed by atoms with Gasteiger partial charge >= 0.3 is 6.18 Å². The first kappa shape index (κ1) is 14.6. The van der Waals surface area contributed by atoms with Crippen LogP contribution in [-0.4, -0.2) is 14.7 Å². The number of rotatable bonds is 3. The Morgan fingerprint density at radius 3 is 2.41 bits per heavy atom. The Morgan fingerprint density at radius 2 is 1.73 bits per heavy atom. The number of alkyl halides is 3.